The van der Waals surface area contributed by atoms with Crippen LogP contribution in [0.3, 0.4) is 0 Å². The Kier molecular flexibility index (Phi) is 3.73. The number of halogens is 3. The summed E-state index contributed by atoms with van der Waals surface area (Å²) in [6.45, 7) is 1.91. The fourth-order valence-electron chi connectivity index (χ4n) is 1.43. The number of alkyl halides is 3. The minimum Gasteiger partial charge on any atom is -0.462 e. The third kappa shape index (κ3) is 2.95. The Morgan fingerprint density at radius 1 is 1.30 bits per heavy atom. The largest absolute Gasteiger partial charge is 0.471 e. The van der Waals surface area contributed by atoms with E-state index in [0.29, 0.717) is 5.56 Å². The quantitative estimate of drug-likeness (QED) is 0.811. The van der Waals surface area contributed by atoms with E-state index in [1.807, 2.05) is 0 Å². The molecule has 1 aromatic carbocycles. The molecule has 1 heterocycles. The highest BCUT2D eigenvalue weighted by Crippen LogP contribution is 2.29. The Hall–Kier alpha value is -2.38. The molecule has 0 atom stereocenters. The SMILES string of the molecule is CCOC(=O)c1ccc(-c2noc(C(F)(F)[18F])n2)cc1. The predicted octanol–water partition coefficient (Wildman–Crippen LogP) is 2.93. The van der Waals surface area contributed by atoms with Crippen LogP contribution >= 0.6 is 0 Å². The molecule has 106 valence electrons. The third-order valence-electron chi connectivity index (χ3n) is 2.32. The van der Waals surface area contributed by atoms with Gasteiger partial charge in [0.1, 0.15) is 0 Å². The van der Waals surface area contributed by atoms with Crippen molar-refractivity contribution in [1.82, 2.24) is 10.1 Å². The highest BCUT2D eigenvalue weighted by Gasteiger charge is 2.38. The molecule has 0 saturated carbocycles. The summed E-state index contributed by atoms with van der Waals surface area (Å²) in [5.41, 5.74) is 0.590. The zero-order valence-corrected chi connectivity index (χ0v) is 10.3. The maximum Gasteiger partial charge on any atom is 0.471 e. The summed E-state index contributed by atoms with van der Waals surface area (Å²) in [5.74, 6) is -2.13. The van der Waals surface area contributed by atoms with Crippen molar-refractivity contribution in [1.29, 1.82) is 0 Å². The number of carbonyl (C=O) groups is 1. The summed E-state index contributed by atoms with van der Waals surface area (Å²) >= 11 is 0. The fraction of sp³-hybridized carbons (Fsp3) is 0.250. The van der Waals surface area contributed by atoms with Crippen LogP contribution in [0, 0.1) is 0 Å². The average Bonchev–Trinajstić information content (AvgIpc) is 2.89. The van der Waals surface area contributed by atoms with Crippen LogP contribution in [0.5, 0.6) is 0 Å². The lowest BCUT2D eigenvalue weighted by atomic mass is 10.1. The number of benzene rings is 1. The van der Waals surface area contributed by atoms with E-state index >= 15 is 0 Å². The van der Waals surface area contributed by atoms with Gasteiger partial charge >= 0.3 is 18.0 Å². The van der Waals surface area contributed by atoms with E-state index in [4.69, 9.17) is 4.74 Å². The topological polar surface area (TPSA) is 65.2 Å². The molecule has 0 spiro atoms. The van der Waals surface area contributed by atoms with Crippen LogP contribution < -0.4 is 0 Å². The van der Waals surface area contributed by atoms with Gasteiger partial charge in [0.2, 0.25) is 5.82 Å². The molecule has 0 radical (unpaired) electrons. The lowest BCUT2D eigenvalue weighted by Gasteiger charge is -2.01. The number of ether oxygens (including phenoxy) is 1. The predicted molar refractivity (Wildman–Crippen MR) is 60.7 cm³/mol. The zero-order valence-electron chi connectivity index (χ0n) is 10.3. The average molecular weight is 285 g/mol. The maximum atomic E-state index is 12.3. The van der Waals surface area contributed by atoms with Gasteiger partial charge in [-0.3, -0.25) is 0 Å². The van der Waals surface area contributed by atoms with Gasteiger partial charge in [-0.1, -0.05) is 17.3 Å². The van der Waals surface area contributed by atoms with Crippen LogP contribution in [0.4, 0.5) is 13.2 Å². The minimum atomic E-state index is -4.68. The smallest absolute Gasteiger partial charge is 0.462 e. The molecule has 2 aromatic rings. The number of nitrogens with zero attached hydrogens (tertiary/aromatic N) is 2. The van der Waals surface area contributed by atoms with Crippen molar-refractivity contribution < 1.29 is 27.2 Å². The first kappa shape index (κ1) is 14.0. The lowest BCUT2D eigenvalue weighted by Crippen LogP contribution is -2.05. The van der Waals surface area contributed by atoms with E-state index in [1.165, 1.54) is 24.3 Å². The second-order valence-electron chi connectivity index (χ2n) is 3.72. The highest BCUT2D eigenvalue weighted by molar-refractivity contribution is 5.89. The van der Waals surface area contributed by atoms with E-state index in [9.17, 15) is 18.0 Å². The minimum absolute atomic E-state index is 0.201. The van der Waals surface area contributed by atoms with Crippen molar-refractivity contribution in [2.45, 2.75) is 13.1 Å². The molecule has 20 heavy (non-hydrogen) atoms. The van der Waals surface area contributed by atoms with Crippen LogP contribution in [0.25, 0.3) is 11.4 Å². The first-order valence-corrected chi connectivity index (χ1v) is 5.60. The summed E-state index contributed by atoms with van der Waals surface area (Å²) < 4.78 is 45.8. The Bertz CT molecular complexity index is 605. The van der Waals surface area contributed by atoms with Gasteiger partial charge in [0.25, 0.3) is 0 Å². The van der Waals surface area contributed by atoms with Crippen molar-refractivity contribution in [2.24, 2.45) is 0 Å². The molecule has 0 aliphatic rings. The second kappa shape index (κ2) is 5.32. The maximum absolute atomic E-state index is 12.3. The zero-order chi connectivity index (χ0) is 14.8. The molecular weight excluding hydrogens is 276 g/mol. The molecule has 8 heteroatoms. The third-order valence-corrected chi connectivity index (χ3v) is 2.32. The second-order valence-corrected chi connectivity index (χ2v) is 3.72. The van der Waals surface area contributed by atoms with E-state index in [2.05, 4.69) is 14.7 Å². The van der Waals surface area contributed by atoms with Crippen molar-refractivity contribution in [3.8, 4) is 11.4 Å². The van der Waals surface area contributed by atoms with Crippen LogP contribution in [-0.2, 0) is 10.9 Å². The molecular formula is C12H9F3N2O3. The Labute approximate surface area is 111 Å². The number of rotatable bonds is 3. The van der Waals surface area contributed by atoms with Crippen LogP contribution in [-0.4, -0.2) is 22.7 Å². The lowest BCUT2D eigenvalue weighted by molar-refractivity contribution is -0.159. The summed E-state index contributed by atoms with van der Waals surface area (Å²) in [6, 6.07) is 5.66. The van der Waals surface area contributed by atoms with Gasteiger partial charge in [0.05, 0.1) is 12.2 Å². The van der Waals surface area contributed by atoms with Gasteiger partial charge in [0, 0.05) is 5.56 Å². The molecule has 0 amide bonds. The molecule has 5 nitrogen and oxygen atoms in total. The number of aromatic nitrogens is 2. The summed E-state index contributed by atoms with van der Waals surface area (Å²) in [7, 11) is 0. The van der Waals surface area contributed by atoms with Crippen molar-refractivity contribution in [3.05, 3.63) is 35.7 Å². The molecule has 0 unspecified atom stereocenters. The van der Waals surface area contributed by atoms with E-state index in [1.54, 1.807) is 6.92 Å². The van der Waals surface area contributed by atoms with Gasteiger partial charge in [-0.15, -0.1) is 0 Å². The summed E-state index contributed by atoms with van der Waals surface area (Å²) in [6.07, 6.45) is -4.68. The molecule has 1 aromatic heterocycles. The number of esters is 1. The molecule has 0 aliphatic carbocycles. The molecule has 0 fully saturated rings. The monoisotopic (exact) mass is 285 g/mol. The molecule has 0 saturated heterocycles. The van der Waals surface area contributed by atoms with Crippen molar-refractivity contribution in [2.75, 3.05) is 6.61 Å². The Morgan fingerprint density at radius 3 is 2.45 bits per heavy atom. The summed E-state index contributed by atoms with van der Waals surface area (Å²) in [5, 5.41) is 3.24. The Balaban J connectivity index is 2.22. The fourth-order valence-corrected chi connectivity index (χ4v) is 1.43. The van der Waals surface area contributed by atoms with E-state index < -0.39 is 18.0 Å². The van der Waals surface area contributed by atoms with Crippen molar-refractivity contribution in [3.63, 3.8) is 0 Å². The van der Waals surface area contributed by atoms with Gasteiger partial charge < -0.3 is 9.26 Å². The van der Waals surface area contributed by atoms with E-state index in [-0.39, 0.29) is 18.0 Å². The first-order chi connectivity index (χ1) is 9.41. The highest BCUT2D eigenvalue weighted by atomic mass is 19.3. The first-order valence-electron chi connectivity index (χ1n) is 5.60. The van der Waals surface area contributed by atoms with Crippen LogP contribution in [0.1, 0.15) is 23.2 Å². The normalized spacial score (nSPS) is 11.4. The van der Waals surface area contributed by atoms with Gasteiger partial charge in [-0.2, -0.15) is 18.2 Å². The summed E-state index contributed by atoms with van der Waals surface area (Å²) in [4.78, 5) is 14.7. The van der Waals surface area contributed by atoms with Gasteiger partial charge in [-0.25, -0.2) is 4.79 Å². The Morgan fingerprint density at radius 2 is 1.95 bits per heavy atom. The molecule has 0 N–H and O–H groups in total. The van der Waals surface area contributed by atoms with Crippen molar-refractivity contribution >= 4 is 5.97 Å². The van der Waals surface area contributed by atoms with Crippen LogP contribution in [0.2, 0.25) is 0 Å². The van der Waals surface area contributed by atoms with E-state index in [0.717, 1.165) is 0 Å². The number of hydrogen-bond acceptors (Lipinski definition) is 5. The molecule has 2 rings (SSSR count). The standard InChI is InChI=1S/C12H9F3N2O3/c1-2-19-10(18)8-5-3-7(4-6-8)9-16-11(20-17-9)12(13,14)15/h3-6H,2H2,1H3/i13-1. The van der Waals surface area contributed by atoms with Gasteiger partial charge in [-0.05, 0) is 19.1 Å². The number of carbonyl (C=O) groups excluding carboxylic acids is 1. The molecule has 0 bridgehead atoms. The van der Waals surface area contributed by atoms with Crippen LogP contribution in [0.15, 0.2) is 28.8 Å². The van der Waals surface area contributed by atoms with Gasteiger partial charge in [0.15, 0.2) is 0 Å². The number of hydrogen-bond donors (Lipinski definition) is 0. The molecule has 0 aliphatic heterocycles.